The third-order valence-corrected chi connectivity index (χ3v) is 2.76. The highest BCUT2D eigenvalue weighted by Crippen LogP contribution is 2.29. The molecule has 0 saturated carbocycles. The first kappa shape index (κ1) is 15.1. The largest absolute Gasteiger partial charge is 0.396 e. The maximum Gasteiger partial charge on any atom is 0.329 e. The summed E-state index contributed by atoms with van der Waals surface area (Å²) in [6.07, 6.45) is 1.52. The first-order chi connectivity index (χ1) is 8.75. The summed E-state index contributed by atoms with van der Waals surface area (Å²) >= 11 is 0. The molecule has 0 aromatic carbocycles. The van der Waals surface area contributed by atoms with Crippen molar-refractivity contribution in [3.8, 4) is 0 Å². The van der Waals surface area contributed by atoms with Crippen molar-refractivity contribution in [2.75, 3.05) is 17.7 Å². The average Bonchev–Trinajstić information content (AvgIpc) is 2.26. The van der Waals surface area contributed by atoms with E-state index in [1.54, 1.807) is 0 Å². The van der Waals surface area contributed by atoms with Crippen LogP contribution in [0.2, 0.25) is 0 Å². The number of nitrogens with zero attached hydrogens (tertiary/aromatic N) is 3. The van der Waals surface area contributed by atoms with E-state index >= 15 is 0 Å². The lowest BCUT2D eigenvalue weighted by molar-refractivity contribution is -0.384. The zero-order chi connectivity index (χ0) is 14.6. The first-order valence-corrected chi connectivity index (χ1v) is 5.90. The molecule has 4 N–H and O–H groups in total. The van der Waals surface area contributed by atoms with Crippen LogP contribution in [-0.2, 0) is 0 Å². The van der Waals surface area contributed by atoms with Gasteiger partial charge < -0.3 is 16.2 Å². The molecule has 0 spiro atoms. The molecule has 0 bridgehead atoms. The van der Waals surface area contributed by atoms with E-state index in [1.165, 1.54) is 0 Å². The summed E-state index contributed by atoms with van der Waals surface area (Å²) < 4.78 is 0. The van der Waals surface area contributed by atoms with Gasteiger partial charge in [-0.2, -0.15) is 4.98 Å². The minimum absolute atomic E-state index is 0.0245. The molecule has 0 amide bonds. The molecule has 1 aromatic heterocycles. The fraction of sp³-hybridized carbons (Fsp3) is 0.636. The van der Waals surface area contributed by atoms with Crippen LogP contribution in [0.4, 0.5) is 17.5 Å². The SMILES string of the molecule is CC(C)(C)C(CCO)Nc1nc(N)ncc1[N+](=O)[O-]. The molecule has 1 unspecified atom stereocenters. The molecular formula is C11H19N5O3. The Labute approximate surface area is 111 Å². The minimum atomic E-state index is -0.569. The van der Waals surface area contributed by atoms with Crippen molar-refractivity contribution in [3.05, 3.63) is 16.3 Å². The van der Waals surface area contributed by atoms with Gasteiger partial charge in [0.05, 0.1) is 4.92 Å². The van der Waals surface area contributed by atoms with Crippen molar-refractivity contribution in [2.45, 2.75) is 33.2 Å². The summed E-state index contributed by atoms with van der Waals surface area (Å²) in [5.74, 6) is 0.0376. The van der Waals surface area contributed by atoms with Crippen molar-refractivity contribution in [1.82, 2.24) is 9.97 Å². The van der Waals surface area contributed by atoms with E-state index in [-0.39, 0.29) is 35.5 Å². The number of aromatic nitrogens is 2. The Kier molecular flexibility index (Phi) is 4.60. The molecule has 0 fully saturated rings. The predicted molar refractivity (Wildman–Crippen MR) is 71.7 cm³/mol. The normalized spacial score (nSPS) is 13.1. The second-order valence-corrected chi connectivity index (χ2v) is 5.29. The van der Waals surface area contributed by atoms with E-state index in [2.05, 4.69) is 15.3 Å². The van der Waals surface area contributed by atoms with Crippen LogP contribution in [0.1, 0.15) is 27.2 Å². The molecule has 106 valence electrons. The van der Waals surface area contributed by atoms with Gasteiger partial charge in [0, 0.05) is 12.6 Å². The van der Waals surface area contributed by atoms with Gasteiger partial charge in [0.25, 0.3) is 0 Å². The van der Waals surface area contributed by atoms with Crippen LogP contribution in [0.25, 0.3) is 0 Å². The van der Waals surface area contributed by atoms with E-state index in [4.69, 9.17) is 10.8 Å². The van der Waals surface area contributed by atoms with Crippen LogP contribution in [0.5, 0.6) is 0 Å². The zero-order valence-corrected chi connectivity index (χ0v) is 11.3. The molecule has 8 heteroatoms. The van der Waals surface area contributed by atoms with Gasteiger partial charge in [0.2, 0.25) is 11.8 Å². The lowest BCUT2D eigenvalue weighted by Gasteiger charge is -2.31. The van der Waals surface area contributed by atoms with Crippen LogP contribution in [0.3, 0.4) is 0 Å². The number of rotatable bonds is 5. The number of nitrogens with two attached hydrogens (primary N) is 1. The second kappa shape index (κ2) is 5.79. The van der Waals surface area contributed by atoms with Crippen molar-refractivity contribution in [3.63, 3.8) is 0 Å². The van der Waals surface area contributed by atoms with E-state index in [9.17, 15) is 10.1 Å². The van der Waals surface area contributed by atoms with Gasteiger partial charge in [-0.15, -0.1) is 0 Å². The molecule has 1 aromatic rings. The number of aliphatic hydroxyl groups is 1. The van der Waals surface area contributed by atoms with E-state index in [1.807, 2.05) is 20.8 Å². The topological polar surface area (TPSA) is 127 Å². The van der Waals surface area contributed by atoms with Gasteiger partial charge in [-0.3, -0.25) is 10.1 Å². The summed E-state index contributed by atoms with van der Waals surface area (Å²) in [5, 5.41) is 23.0. The summed E-state index contributed by atoms with van der Waals surface area (Å²) in [7, 11) is 0. The monoisotopic (exact) mass is 269 g/mol. The smallest absolute Gasteiger partial charge is 0.329 e. The van der Waals surface area contributed by atoms with E-state index in [0.717, 1.165) is 6.20 Å². The standard InChI is InChI=1S/C11H19N5O3/c1-11(2,3)8(4-5-17)14-9-7(16(18)19)6-13-10(12)15-9/h6,8,17H,4-5H2,1-3H3,(H3,12,13,14,15). The minimum Gasteiger partial charge on any atom is -0.396 e. The van der Waals surface area contributed by atoms with E-state index < -0.39 is 4.92 Å². The summed E-state index contributed by atoms with van der Waals surface area (Å²) in [4.78, 5) is 17.8. The lowest BCUT2D eigenvalue weighted by atomic mass is 9.85. The number of anilines is 2. The first-order valence-electron chi connectivity index (χ1n) is 5.90. The highest BCUT2D eigenvalue weighted by atomic mass is 16.6. The van der Waals surface area contributed by atoms with E-state index in [0.29, 0.717) is 6.42 Å². The Morgan fingerprint density at radius 1 is 1.58 bits per heavy atom. The fourth-order valence-corrected chi connectivity index (χ4v) is 1.64. The van der Waals surface area contributed by atoms with Crippen LogP contribution in [0, 0.1) is 15.5 Å². The van der Waals surface area contributed by atoms with Gasteiger partial charge >= 0.3 is 5.69 Å². The van der Waals surface area contributed by atoms with Crippen LogP contribution >= 0.6 is 0 Å². The number of aliphatic hydroxyl groups excluding tert-OH is 1. The number of hydrogen-bond donors (Lipinski definition) is 3. The molecule has 8 nitrogen and oxygen atoms in total. The van der Waals surface area contributed by atoms with Gasteiger partial charge in [0.15, 0.2) is 0 Å². The Morgan fingerprint density at radius 3 is 2.68 bits per heavy atom. The second-order valence-electron chi connectivity index (χ2n) is 5.29. The van der Waals surface area contributed by atoms with Crippen LogP contribution < -0.4 is 11.1 Å². The van der Waals surface area contributed by atoms with Gasteiger partial charge in [-0.1, -0.05) is 20.8 Å². The Balaban J connectivity index is 3.08. The highest BCUT2D eigenvalue weighted by molar-refractivity contribution is 5.57. The molecule has 1 heterocycles. The Morgan fingerprint density at radius 2 is 2.21 bits per heavy atom. The molecule has 0 aliphatic carbocycles. The molecule has 0 radical (unpaired) electrons. The van der Waals surface area contributed by atoms with Crippen molar-refractivity contribution in [1.29, 1.82) is 0 Å². The number of nitrogen functional groups attached to an aromatic ring is 1. The molecule has 1 atom stereocenters. The Hall–Kier alpha value is -1.96. The summed E-state index contributed by atoms with van der Waals surface area (Å²) in [6.45, 7) is 5.88. The molecule has 0 saturated heterocycles. The highest BCUT2D eigenvalue weighted by Gasteiger charge is 2.27. The quantitative estimate of drug-likeness (QED) is 0.540. The lowest BCUT2D eigenvalue weighted by Crippen LogP contribution is -2.35. The van der Waals surface area contributed by atoms with Crippen LogP contribution in [-0.4, -0.2) is 32.6 Å². The van der Waals surface area contributed by atoms with Gasteiger partial charge in [-0.25, -0.2) is 4.98 Å². The van der Waals surface area contributed by atoms with Crippen molar-refractivity contribution in [2.24, 2.45) is 5.41 Å². The molecule has 0 aliphatic heterocycles. The molecule has 1 rings (SSSR count). The molecule has 19 heavy (non-hydrogen) atoms. The zero-order valence-electron chi connectivity index (χ0n) is 11.3. The molecular weight excluding hydrogens is 250 g/mol. The third kappa shape index (κ3) is 4.02. The van der Waals surface area contributed by atoms with Crippen molar-refractivity contribution >= 4 is 17.5 Å². The molecule has 0 aliphatic rings. The Bertz CT molecular complexity index is 458. The summed E-state index contributed by atoms with van der Waals surface area (Å²) in [6, 6.07) is -0.175. The van der Waals surface area contributed by atoms with Crippen molar-refractivity contribution < 1.29 is 10.0 Å². The van der Waals surface area contributed by atoms with Gasteiger partial charge in [-0.05, 0) is 11.8 Å². The number of nitrogens with one attached hydrogen (secondary N) is 1. The maximum atomic E-state index is 10.9. The number of nitro groups is 1. The predicted octanol–water partition coefficient (Wildman–Crippen LogP) is 1.18. The van der Waals surface area contributed by atoms with Crippen LogP contribution in [0.15, 0.2) is 6.20 Å². The fourth-order valence-electron chi connectivity index (χ4n) is 1.64. The summed E-state index contributed by atoms with van der Waals surface area (Å²) in [5.41, 5.74) is 5.02. The average molecular weight is 269 g/mol. The number of hydrogen-bond acceptors (Lipinski definition) is 7. The van der Waals surface area contributed by atoms with Gasteiger partial charge in [0.1, 0.15) is 6.20 Å². The maximum absolute atomic E-state index is 10.9. The third-order valence-electron chi connectivity index (χ3n) is 2.76.